The van der Waals surface area contributed by atoms with Crippen molar-refractivity contribution in [1.29, 1.82) is 0 Å². The molecule has 2 heterocycles. The second kappa shape index (κ2) is 40.5. The molecular weight excluding hydrogens is 936 g/mol. The molecule has 0 aromatic rings. The Bertz CT molecular complexity index is 1470. The molecule has 2 aliphatic rings. The Hall–Kier alpha value is -0.770. The molecule has 2 rings (SSSR count). The van der Waals surface area contributed by atoms with Crippen LogP contribution in [0.5, 0.6) is 0 Å². The smallest absolute Gasteiger partial charge is 0.726 e. The molecule has 0 aliphatic carbocycles. The molecule has 70 heavy (non-hydrogen) atoms. The van der Waals surface area contributed by atoms with Crippen molar-refractivity contribution in [2.75, 3.05) is 13.2 Å². The summed E-state index contributed by atoms with van der Waals surface area (Å²) >= 11 is 0. The SMILES string of the molecule is CCCCCCCCCCCCCCCCCC[C@H](C)/C=C(\C)C(=O)O[C@H]1[C@H](O)[C@@H](CO)O[C@H](O[C@H]2O[C@H](CO)[C@@H](O)[C@H](O)[C@H]2OS(=O)(=O)[O-])[C@@H]1OC(=O)CCCCCCCCCCCCCCC.[Na+]. The number of ether oxygens (including phenoxy) is 5. The van der Waals surface area contributed by atoms with Gasteiger partial charge in [0.2, 0.25) is 16.7 Å². The van der Waals surface area contributed by atoms with Crippen LogP contribution in [-0.2, 0) is 47.9 Å². The average molecular weight is 1030 g/mol. The van der Waals surface area contributed by atoms with E-state index in [9.17, 15) is 48.1 Å². The van der Waals surface area contributed by atoms with E-state index in [1.165, 1.54) is 128 Å². The van der Waals surface area contributed by atoms with E-state index in [2.05, 4.69) is 18.0 Å². The molecule has 0 aromatic heterocycles. The van der Waals surface area contributed by atoms with E-state index >= 15 is 0 Å². The first-order valence-electron chi connectivity index (χ1n) is 27.1. The summed E-state index contributed by atoms with van der Waals surface area (Å²) in [4.78, 5) is 27.1. The largest absolute Gasteiger partial charge is 1.00 e. The van der Waals surface area contributed by atoms with Gasteiger partial charge in [0.05, 0.1) is 13.2 Å². The normalized spacial score (nSPS) is 25.6. The maximum Gasteiger partial charge on any atom is 1.00 e. The van der Waals surface area contributed by atoms with Gasteiger partial charge in [-0.1, -0.05) is 207 Å². The van der Waals surface area contributed by atoms with Crippen LogP contribution in [0.15, 0.2) is 11.6 Å². The molecular formula is C52H95NaO16S. The minimum Gasteiger partial charge on any atom is -0.726 e. The molecule has 406 valence electrons. The van der Waals surface area contributed by atoms with Gasteiger partial charge >= 0.3 is 41.5 Å². The van der Waals surface area contributed by atoms with Gasteiger partial charge in [-0.2, -0.15) is 0 Å². The fourth-order valence-corrected chi connectivity index (χ4v) is 9.73. The van der Waals surface area contributed by atoms with Crippen LogP contribution in [-0.4, -0.2) is 125 Å². The van der Waals surface area contributed by atoms with Crippen molar-refractivity contribution in [2.24, 2.45) is 5.92 Å². The fourth-order valence-electron chi connectivity index (χ4n) is 9.25. The molecule has 18 heteroatoms. The summed E-state index contributed by atoms with van der Waals surface area (Å²) < 4.78 is 68.4. The Labute approximate surface area is 444 Å². The maximum absolute atomic E-state index is 13.7. The standard InChI is InChI=1S/C52H96O16S.Na/c1-5-7-9-11-13-15-17-19-20-21-23-24-26-28-30-32-34-39(3)36-40(4)50(59)66-47-45(57)42(38-54)64-52(67-51-48(68-69(60,61)62)46(58)44(56)41(37-53)63-51)49(47)65-43(55)35-33-31-29-27-25-22-18-16-14-12-10-8-6-2;/h36,39,41-42,44-49,51-54,56-58H,5-35,37-38H2,1-4H3,(H,60,61,62);/q;+1/p-1/b40-36+;/t39-,41+,42+,44+,45+,46-,47-,48+,49+,51+,52+;/m0./s1. The summed E-state index contributed by atoms with van der Waals surface area (Å²) in [5, 5.41) is 52.7. The number of aliphatic hydroxyl groups excluding tert-OH is 5. The number of unbranched alkanes of at least 4 members (excludes halogenated alkanes) is 27. The third kappa shape index (κ3) is 28.8. The Balaban J connectivity index is 0.0000245. The zero-order valence-electron chi connectivity index (χ0n) is 43.9. The Morgan fingerprint density at radius 2 is 0.957 bits per heavy atom. The molecule has 0 unspecified atom stereocenters. The monoisotopic (exact) mass is 1030 g/mol. The third-order valence-electron chi connectivity index (χ3n) is 13.5. The number of rotatable bonds is 41. The van der Waals surface area contributed by atoms with E-state index in [1.807, 2.05) is 6.92 Å². The van der Waals surface area contributed by atoms with Crippen LogP contribution in [0.2, 0.25) is 0 Å². The molecule has 0 amide bonds. The molecule has 11 atom stereocenters. The Morgan fingerprint density at radius 1 is 0.571 bits per heavy atom. The van der Waals surface area contributed by atoms with Crippen molar-refractivity contribution in [3.05, 3.63) is 11.6 Å². The fraction of sp³-hybridized carbons (Fsp3) is 0.923. The van der Waals surface area contributed by atoms with Crippen molar-refractivity contribution in [2.45, 2.75) is 288 Å². The average Bonchev–Trinajstić information content (AvgIpc) is 3.31. The molecule has 0 bridgehead atoms. The number of carbonyl (C=O) groups excluding carboxylic acids is 2. The van der Waals surface area contributed by atoms with E-state index in [1.54, 1.807) is 13.0 Å². The van der Waals surface area contributed by atoms with Crippen molar-refractivity contribution < 1.29 is 106 Å². The summed E-state index contributed by atoms with van der Waals surface area (Å²) in [6.07, 6.45) is 18.6. The number of carbonyl (C=O) groups is 2. The number of esters is 2. The predicted molar refractivity (Wildman–Crippen MR) is 262 cm³/mol. The maximum atomic E-state index is 13.7. The summed E-state index contributed by atoms with van der Waals surface area (Å²) in [5.41, 5.74) is 0.223. The van der Waals surface area contributed by atoms with E-state index < -0.39 is 97.0 Å². The van der Waals surface area contributed by atoms with Gasteiger partial charge in [0.15, 0.2) is 24.6 Å². The summed E-state index contributed by atoms with van der Waals surface area (Å²) in [5.74, 6) is -1.60. The van der Waals surface area contributed by atoms with Crippen molar-refractivity contribution in [1.82, 2.24) is 0 Å². The minimum atomic E-state index is -5.55. The van der Waals surface area contributed by atoms with Crippen LogP contribution < -0.4 is 29.6 Å². The van der Waals surface area contributed by atoms with Crippen molar-refractivity contribution in [3.63, 3.8) is 0 Å². The van der Waals surface area contributed by atoms with Gasteiger partial charge < -0.3 is 53.8 Å². The number of aliphatic hydroxyl groups is 5. The van der Waals surface area contributed by atoms with Crippen LogP contribution >= 0.6 is 0 Å². The van der Waals surface area contributed by atoms with E-state index in [-0.39, 0.29) is 47.5 Å². The third-order valence-corrected chi connectivity index (χ3v) is 13.9. The van der Waals surface area contributed by atoms with Gasteiger partial charge in [0.1, 0.15) is 30.5 Å². The molecule has 16 nitrogen and oxygen atoms in total. The molecule has 0 spiro atoms. The van der Waals surface area contributed by atoms with Gasteiger partial charge in [-0.3, -0.25) is 8.98 Å². The topological polar surface area (TPSA) is 248 Å². The second-order valence-electron chi connectivity index (χ2n) is 19.8. The molecule has 2 fully saturated rings. The molecule has 0 aromatic carbocycles. The van der Waals surface area contributed by atoms with Gasteiger partial charge in [0, 0.05) is 12.0 Å². The van der Waals surface area contributed by atoms with Crippen molar-refractivity contribution >= 4 is 22.3 Å². The van der Waals surface area contributed by atoms with Crippen molar-refractivity contribution in [3.8, 4) is 0 Å². The van der Waals surface area contributed by atoms with Gasteiger partial charge in [-0.05, 0) is 25.7 Å². The van der Waals surface area contributed by atoms with Crippen LogP contribution in [0.1, 0.15) is 227 Å². The zero-order chi connectivity index (χ0) is 50.9. The summed E-state index contributed by atoms with van der Waals surface area (Å²) in [7, 11) is -5.55. The van der Waals surface area contributed by atoms with Crippen LogP contribution in [0.25, 0.3) is 0 Å². The predicted octanol–water partition coefficient (Wildman–Crippen LogP) is 5.91. The molecule has 0 saturated carbocycles. The van der Waals surface area contributed by atoms with E-state index in [0.29, 0.717) is 6.42 Å². The van der Waals surface area contributed by atoms with Gasteiger partial charge in [0.25, 0.3) is 0 Å². The second-order valence-corrected chi connectivity index (χ2v) is 20.8. The summed E-state index contributed by atoms with van der Waals surface area (Å²) in [6, 6.07) is 0. The summed E-state index contributed by atoms with van der Waals surface area (Å²) in [6.45, 7) is 6.28. The van der Waals surface area contributed by atoms with E-state index in [4.69, 9.17) is 23.7 Å². The quantitative estimate of drug-likeness (QED) is 0.0119. The number of hydrogen-bond acceptors (Lipinski definition) is 16. The van der Waals surface area contributed by atoms with E-state index in [0.717, 1.165) is 57.8 Å². The first-order chi connectivity index (χ1) is 33.2. The Kier molecular flexibility index (Phi) is 38.9. The van der Waals surface area contributed by atoms with Crippen LogP contribution in [0, 0.1) is 5.92 Å². The Morgan fingerprint density at radius 3 is 1.37 bits per heavy atom. The van der Waals surface area contributed by atoms with Crippen LogP contribution in [0.4, 0.5) is 0 Å². The molecule has 0 radical (unpaired) electrons. The number of allylic oxidation sites excluding steroid dienone is 1. The minimum absolute atomic E-state index is 0. The van der Waals surface area contributed by atoms with Gasteiger partial charge in [-0.25, -0.2) is 13.2 Å². The molecule has 2 saturated heterocycles. The molecule has 2 aliphatic heterocycles. The van der Waals surface area contributed by atoms with Crippen LogP contribution in [0.3, 0.4) is 0 Å². The first-order valence-corrected chi connectivity index (χ1v) is 28.5. The molecule has 5 N–H and O–H groups in total. The van der Waals surface area contributed by atoms with Gasteiger partial charge in [-0.15, -0.1) is 0 Å². The zero-order valence-corrected chi connectivity index (χ0v) is 46.7. The first kappa shape index (κ1) is 67.2. The number of hydrogen-bond donors (Lipinski definition) is 5.